The zero-order chi connectivity index (χ0) is 19.0. The van der Waals surface area contributed by atoms with E-state index in [2.05, 4.69) is 36.1 Å². The number of pyridine rings is 1. The fourth-order valence-electron chi connectivity index (χ4n) is 3.69. The summed E-state index contributed by atoms with van der Waals surface area (Å²) in [5, 5.41) is 5.33. The molecule has 1 fully saturated rings. The van der Waals surface area contributed by atoms with E-state index in [1.165, 1.54) is 0 Å². The normalized spacial score (nSPS) is 19.4. The molecule has 1 saturated heterocycles. The molecular weight excluding hydrogens is 338 g/mol. The standard InChI is InChI=1S/C21H25N5O/c1-21(2)14-25(9-8-18(21)22)20(27)17-10-16-12-24-26(19(16)23-11-17)13-15-6-4-3-5-7-15/h3-7,10-12,18H,8-9,13-14,22H2,1-2H3. The monoisotopic (exact) mass is 363 g/mol. The number of nitrogens with two attached hydrogens (primary N) is 1. The molecule has 1 unspecified atom stereocenters. The number of aromatic nitrogens is 3. The van der Waals surface area contributed by atoms with Crippen LogP contribution in [0.2, 0.25) is 0 Å². The predicted octanol–water partition coefficient (Wildman–Crippen LogP) is 2.68. The third-order valence-corrected chi connectivity index (χ3v) is 5.50. The van der Waals surface area contributed by atoms with Crippen molar-refractivity contribution >= 4 is 16.9 Å². The highest BCUT2D eigenvalue weighted by molar-refractivity contribution is 5.97. The van der Waals surface area contributed by atoms with Crippen LogP contribution in [0.4, 0.5) is 0 Å². The van der Waals surface area contributed by atoms with E-state index < -0.39 is 0 Å². The maximum atomic E-state index is 13.0. The lowest BCUT2D eigenvalue weighted by Gasteiger charge is -2.42. The summed E-state index contributed by atoms with van der Waals surface area (Å²) in [5.74, 6) is 0.0141. The van der Waals surface area contributed by atoms with E-state index in [-0.39, 0.29) is 17.4 Å². The largest absolute Gasteiger partial charge is 0.338 e. The molecule has 1 aromatic carbocycles. The molecule has 2 aromatic heterocycles. The Morgan fingerprint density at radius 1 is 1.26 bits per heavy atom. The number of hydrogen-bond donors (Lipinski definition) is 1. The molecule has 1 atom stereocenters. The molecule has 140 valence electrons. The third-order valence-electron chi connectivity index (χ3n) is 5.50. The first-order chi connectivity index (χ1) is 12.9. The van der Waals surface area contributed by atoms with E-state index in [1.54, 1.807) is 12.4 Å². The summed E-state index contributed by atoms with van der Waals surface area (Å²) in [7, 11) is 0. The summed E-state index contributed by atoms with van der Waals surface area (Å²) in [6.07, 6.45) is 4.26. The van der Waals surface area contributed by atoms with Crippen LogP contribution in [0.1, 0.15) is 36.2 Å². The molecule has 0 saturated carbocycles. The van der Waals surface area contributed by atoms with Gasteiger partial charge in [0.05, 0.1) is 18.3 Å². The van der Waals surface area contributed by atoms with Crippen molar-refractivity contribution in [1.82, 2.24) is 19.7 Å². The summed E-state index contributed by atoms with van der Waals surface area (Å²) in [5.41, 5.74) is 8.67. The first-order valence-electron chi connectivity index (χ1n) is 9.34. The van der Waals surface area contributed by atoms with Crippen LogP contribution in [-0.4, -0.2) is 44.7 Å². The van der Waals surface area contributed by atoms with Crippen molar-refractivity contribution in [2.45, 2.75) is 32.9 Å². The number of benzene rings is 1. The molecule has 27 heavy (non-hydrogen) atoms. The van der Waals surface area contributed by atoms with Gasteiger partial charge in [0, 0.05) is 30.7 Å². The van der Waals surface area contributed by atoms with E-state index in [4.69, 9.17) is 5.73 Å². The van der Waals surface area contributed by atoms with Crippen LogP contribution in [0.15, 0.2) is 48.8 Å². The molecular formula is C21H25N5O. The average molecular weight is 363 g/mol. The van der Waals surface area contributed by atoms with E-state index in [0.717, 1.165) is 23.0 Å². The predicted molar refractivity (Wildman–Crippen MR) is 105 cm³/mol. The summed E-state index contributed by atoms with van der Waals surface area (Å²) in [6.45, 7) is 6.24. The van der Waals surface area contributed by atoms with Crippen LogP contribution in [0.5, 0.6) is 0 Å². The first kappa shape index (κ1) is 17.7. The number of piperidine rings is 1. The van der Waals surface area contributed by atoms with Gasteiger partial charge in [-0.15, -0.1) is 0 Å². The van der Waals surface area contributed by atoms with E-state index in [1.807, 2.05) is 33.8 Å². The third kappa shape index (κ3) is 3.45. The van der Waals surface area contributed by atoms with Crippen molar-refractivity contribution in [2.75, 3.05) is 13.1 Å². The summed E-state index contributed by atoms with van der Waals surface area (Å²) in [6, 6.07) is 12.2. The van der Waals surface area contributed by atoms with Gasteiger partial charge >= 0.3 is 0 Å². The topological polar surface area (TPSA) is 77.0 Å². The molecule has 4 rings (SSSR count). The second kappa shape index (κ2) is 6.78. The Morgan fingerprint density at radius 2 is 2.04 bits per heavy atom. The Bertz CT molecular complexity index is 963. The summed E-state index contributed by atoms with van der Waals surface area (Å²) >= 11 is 0. The van der Waals surface area contributed by atoms with Crippen molar-refractivity contribution in [3.8, 4) is 0 Å². The Morgan fingerprint density at radius 3 is 2.78 bits per heavy atom. The SMILES string of the molecule is CC1(C)CN(C(=O)c2cnc3c(cnn3Cc3ccccc3)c2)CCC1N. The van der Waals surface area contributed by atoms with Crippen LogP contribution in [0.3, 0.4) is 0 Å². The van der Waals surface area contributed by atoms with Gasteiger partial charge in [-0.25, -0.2) is 9.67 Å². The second-order valence-electron chi connectivity index (χ2n) is 8.04. The van der Waals surface area contributed by atoms with Gasteiger partial charge in [-0.3, -0.25) is 4.79 Å². The van der Waals surface area contributed by atoms with Crippen LogP contribution < -0.4 is 5.73 Å². The number of carbonyl (C=O) groups excluding carboxylic acids is 1. The quantitative estimate of drug-likeness (QED) is 0.776. The van der Waals surface area contributed by atoms with Crippen LogP contribution in [0, 0.1) is 5.41 Å². The van der Waals surface area contributed by atoms with Crippen LogP contribution in [-0.2, 0) is 6.54 Å². The minimum absolute atomic E-state index is 0.0141. The van der Waals surface area contributed by atoms with Crippen molar-refractivity contribution in [2.24, 2.45) is 11.1 Å². The minimum Gasteiger partial charge on any atom is -0.338 e. The highest BCUT2D eigenvalue weighted by Gasteiger charge is 2.35. The van der Waals surface area contributed by atoms with Crippen LogP contribution in [0.25, 0.3) is 11.0 Å². The lowest BCUT2D eigenvalue weighted by molar-refractivity contribution is 0.0533. The molecule has 1 amide bonds. The highest BCUT2D eigenvalue weighted by Crippen LogP contribution is 2.28. The Hall–Kier alpha value is -2.73. The molecule has 0 spiro atoms. The van der Waals surface area contributed by atoms with Gasteiger partial charge in [-0.1, -0.05) is 44.2 Å². The molecule has 0 bridgehead atoms. The van der Waals surface area contributed by atoms with Crippen molar-refractivity contribution < 1.29 is 4.79 Å². The molecule has 3 aromatic rings. The van der Waals surface area contributed by atoms with Crippen LogP contribution >= 0.6 is 0 Å². The smallest absolute Gasteiger partial charge is 0.255 e. The van der Waals surface area contributed by atoms with Gasteiger partial charge < -0.3 is 10.6 Å². The zero-order valence-electron chi connectivity index (χ0n) is 15.8. The minimum atomic E-state index is -0.0774. The van der Waals surface area contributed by atoms with Gasteiger partial charge in [0.25, 0.3) is 5.91 Å². The Balaban J connectivity index is 1.56. The zero-order valence-corrected chi connectivity index (χ0v) is 15.8. The summed E-state index contributed by atoms with van der Waals surface area (Å²) < 4.78 is 1.86. The van der Waals surface area contributed by atoms with Crippen molar-refractivity contribution in [3.05, 3.63) is 59.9 Å². The fourth-order valence-corrected chi connectivity index (χ4v) is 3.69. The maximum absolute atomic E-state index is 13.0. The van der Waals surface area contributed by atoms with Gasteiger partial charge in [0.2, 0.25) is 0 Å². The maximum Gasteiger partial charge on any atom is 0.255 e. The number of fused-ring (bicyclic) bond motifs is 1. The molecule has 0 radical (unpaired) electrons. The molecule has 6 nitrogen and oxygen atoms in total. The average Bonchev–Trinajstić information content (AvgIpc) is 3.06. The number of rotatable bonds is 3. The van der Waals surface area contributed by atoms with E-state index in [0.29, 0.717) is 25.2 Å². The van der Waals surface area contributed by atoms with Gasteiger partial charge in [-0.05, 0) is 23.5 Å². The van der Waals surface area contributed by atoms with Gasteiger partial charge in [0.1, 0.15) is 0 Å². The number of nitrogens with zero attached hydrogens (tertiary/aromatic N) is 4. The number of amides is 1. The lowest BCUT2D eigenvalue weighted by atomic mass is 9.79. The van der Waals surface area contributed by atoms with E-state index in [9.17, 15) is 4.79 Å². The number of likely N-dealkylation sites (tertiary alicyclic amines) is 1. The highest BCUT2D eigenvalue weighted by atomic mass is 16.2. The number of carbonyl (C=O) groups is 1. The van der Waals surface area contributed by atoms with Crippen molar-refractivity contribution in [3.63, 3.8) is 0 Å². The molecule has 3 heterocycles. The lowest BCUT2D eigenvalue weighted by Crippen LogP contribution is -2.54. The molecule has 1 aliphatic heterocycles. The van der Waals surface area contributed by atoms with Gasteiger partial charge in [0.15, 0.2) is 5.65 Å². The van der Waals surface area contributed by atoms with Gasteiger partial charge in [-0.2, -0.15) is 5.10 Å². The second-order valence-corrected chi connectivity index (χ2v) is 8.04. The Kier molecular flexibility index (Phi) is 4.44. The number of hydrogen-bond acceptors (Lipinski definition) is 4. The van der Waals surface area contributed by atoms with Crippen molar-refractivity contribution in [1.29, 1.82) is 0 Å². The Labute approximate surface area is 159 Å². The molecule has 2 N–H and O–H groups in total. The summed E-state index contributed by atoms with van der Waals surface area (Å²) in [4.78, 5) is 19.4. The first-order valence-corrected chi connectivity index (χ1v) is 9.34. The molecule has 6 heteroatoms. The molecule has 1 aliphatic rings. The van der Waals surface area contributed by atoms with E-state index >= 15 is 0 Å². The fraction of sp³-hybridized carbons (Fsp3) is 0.381. The molecule has 0 aliphatic carbocycles.